The molecule has 3 aromatic heterocycles. The van der Waals surface area contributed by atoms with Crippen LogP contribution in [0.15, 0.2) is 30.6 Å². The van der Waals surface area contributed by atoms with Gasteiger partial charge in [0.1, 0.15) is 17.2 Å². The highest BCUT2D eigenvalue weighted by Gasteiger charge is 2.45. The molecule has 1 N–H and O–H groups in total. The Morgan fingerprint density at radius 3 is 2.58 bits per heavy atom. The molecule has 0 aromatic carbocycles. The molecule has 2 saturated heterocycles. The predicted octanol–water partition coefficient (Wildman–Crippen LogP) is 2.91. The minimum atomic E-state index is -0.0288. The van der Waals surface area contributed by atoms with Crippen molar-refractivity contribution in [1.29, 1.82) is 0 Å². The number of likely N-dealkylation sites (tertiary alicyclic amines) is 1. The minimum absolute atomic E-state index is 0.0288. The largest absolute Gasteiger partial charge is 0.343 e. The fraction of sp³-hybridized carbons (Fsp3) is 0.500. The normalized spacial score (nSPS) is 22.5. The first-order valence-corrected chi connectivity index (χ1v) is 12.7. The second-order valence-electron chi connectivity index (χ2n) is 10.6. The Morgan fingerprint density at radius 1 is 1.08 bits per heavy atom. The van der Waals surface area contributed by atoms with Crippen LogP contribution in [0, 0.1) is 11.8 Å². The van der Waals surface area contributed by atoms with Crippen molar-refractivity contribution < 1.29 is 9.59 Å². The average molecular weight is 489 g/mol. The SMILES string of the molecule is CN1C[C@@H]2CN(c3ccc(Nc4ncc5cc(C(=O)N(C)C)n(C6CCCC6)c5n4)nc3)C(=O)[C@@H]2C1. The molecule has 188 valence electrons. The highest BCUT2D eigenvalue weighted by atomic mass is 16.2. The van der Waals surface area contributed by atoms with Crippen molar-refractivity contribution in [2.45, 2.75) is 31.7 Å². The molecule has 1 aliphatic carbocycles. The van der Waals surface area contributed by atoms with Gasteiger partial charge in [-0.1, -0.05) is 12.8 Å². The Hall–Kier alpha value is -3.53. The van der Waals surface area contributed by atoms with E-state index in [2.05, 4.69) is 31.8 Å². The molecule has 2 atom stereocenters. The first-order valence-electron chi connectivity index (χ1n) is 12.7. The molecule has 1 saturated carbocycles. The van der Waals surface area contributed by atoms with Crippen LogP contribution in [-0.4, -0.2) is 81.9 Å². The number of fused-ring (bicyclic) bond motifs is 2. The molecule has 5 heterocycles. The van der Waals surface area contributed by atoms with Gasteiger partial charge in [-0.15, -0.1) is 0 Å². The second-order valence-corrected chi connectivity index (χ2v) is 10.6. The molecule has 3 aromatic rings. The summed E-state index contributed by atoms with van der Waals surface area (Å²) in [4.78, 5) is 45.3. The predicted molar refractivity (Wildman–Crippen MR) is 137 cm³/mol. The van der Waals surface area contributed by atoms with Gasteiger partial charge in [-0.25, -0.2) is 9.97 Å². The number of anilines is 3. The molecule has 2 amide bonds. The number of carbonyl (C=O) groups is 2. The van der Waals surface area contributed by atoms with Crippen molar-refractivity contribution in [3.63, 3.8) is 0 Å². The van der Waals surface area contributed by atoms with Gasteiger partial charge in [0.05, 0.1) is 17.8 Å². The van der Waals surface area contributed by atoms with Gasteiger partial charge in [0.2, 0.25) is 11.9 Å². The molecular formula is C26H32N8O2. The van der Waals surface area contributed by atoms with E-state index in [1.165, 1.54) is 0 Å². The summed E-state index contributed by atoms with van der Waals surface area (Å²) in [7, 11) is 5.62. The van der Waals surface area contributed by atoms with E-state index in [9.17, 15) is 9.59 Å². The lowest BCUT2D eigenvalue weighted by molar-refractivity contribution is -0.120. The van der Waals surface area contributed by atoms with Gasteiger partial charge in [-0.05, 0) is 38.1 Å². The number of pyridine rings is 1. The molecule has 3 aliphatic rings. The first-order chi connectivity index (χ1) is 17.4. The molecule has 6 rings (SSSR count). The van der Waals surface area contributed by atoms with E-state index in [0.29, 0.717) is 23.4 Å². The average Bonchev–Trinajstić information content (AvgIpc) is 3.64. The van der Waals surface area contributed by atoms with Crippen LogP contribution < -0.4 is 10.2 Å². The van der Waals surface area contributed by atoms with Gasteiger partial charge in [-0.2, -0.15) is 4.98 Å². The molecule has 3 fully saturated rings. The van der Waals surface area contributed by atoms with E-state index in [1.807, 2.05) is 23.1 Å². The topological polar surface area (TPSA) is 99.5 Å². The van der Waals surface area contributed by atoms with Gasteiger partial charge in [0.15, 0.2) is 0 Å². The zero-order valence-corrected chi connectivity index (χ0v) is 21.0. The van der Waals surface area contributed by atoms with Crippen LogP contribution in [0.25, 0.3) is 11.0 Å². The summed E-state index contributed by atoms with van der Waals surface area (Å²) in [5.41, 5.74) is 2.24. The zero-order valence-electron chi connectivity index (χ0n) is 21.0. The van der Waals surface area contributed by atoms with Gasteiger partial charge in [0.25, 0.3) is 5.91 Å². The quantitative estimate of drug-likeness (QED) is 0.590. The van der Waals surface area contributed by atoms with Crippen molar-refractivity contribution in [3.05, 3.63) is 36.3 Å². The summed E-state index contributed by atoms with van der Waals surface area (Å²) >= 11 is 0. The van der Waals surface area contributed by atoms with Crippen LogP contribution in [-0.2, 0) is 4.79 Å². The van der Waals surface area contributed by atoms with Gasteiger partial charge >= 0.3 is 0 Å². The first kappa shape index (κ1) is 22.9. The van der Waals surface area contributed by atoms with E-state index < -0.39 is 0 Å². The summed E-state index contributed by atoms with van der Waals surface area (Å²) in [5.74, 6) is 1.68. The summed E-state index contributed by atoms with van der Waals surface area (Å²) in [6, 6.07) is 5.94. The molecule has 0 spiro atoms. The minimum Gasteiger partial charge on any atom is -0.343 e. The van der Waals surface area contributed by atoms with Gasteiger partial charge in [0, 0.05) is 57.3 Å². The number of aromatic nitrogens is 4. The van der Waals surface area contributed by atoms with Crippen molar-refractivity contribution in [1.82, 2.24) is 29.3 Å². The van der Waals surface area contributed by atoms with Crippen LogP contribution in [0.2, 0.25) is 0 Å². The summed E-state index contributed by atoms with van der Waals surface area (Å²) < 4.78 is 2.10. The zero-order chi connectivity index (χ0) is 25.0. The number of amides is 2. The molecule has 0 unspecified atom stereocenters. The summed E-state index contributed by atoms with van der Waals surface area (Å²) in [6.45, 7) is 2.54. The number of rotatable bonds is 5. The number of nitrogens with one attached hydrogen (secondary N) is 1. The van der Waals surface area contributed by atoms with Crippen LogP contribution in [0.1, 0.15) is 42.2 Å². The number of carbonyl (C=O) groups excluding carboxylic acids is 2. The third-order valence-corrected chi connectivity index (χ3v) is 7.81. The Balaban J connectivity index is 1.25. The molecular weight excluding hydrogens is 456 g/mol. The number of hydrogen-bond acceptors (Lipinski definition) is 7. The van der Waals surface area contributed by atoms with Crippen molar-refractivity contribution in [2.75, 3.05) is 51.0 Å². The molecule has 36 heavy (non-hydrogen) atoms. The standard InChI is InChI=1S/C26H32N8O2/c1-31(2)25(36)21-10-16-11-28-26(30-23(16)34(21)18-6-4-5-7-18)29-22-9-8-19(12-27-22)33-14-17-13-32(3)15-20(17)24(33)35/h8-12,17-18,20H,4-7,13-15H2,1-3H3,(H,27,28,29,30)/t17-,20-/m1/s1. The fourth-order valence-corrected chi connectivity index (χ4v) is 6.04. The van der Waals surface area contributed by atoms with Crippen molar-refractivity contribution in [2.24, 2.45) is 11.8 Å². The van der Waals surface area contributed by atoms with Crippen LogP contribution in [0.4, 0.5) is 17.5 Å². The fourth-order valence-electron chi connectivity index (χ4n) is 6.04. The van der Waals surface area contributed by atoms with Crippen molar-refractivity contribution in [3.8, 4) is 0 Å². The molecule has 10 nitrogen and oxygen atoms in total. The van der Waals surface area contributed by atoms with Gasteiger partial charge < -0.3 is 24.6 Å². The second kappa shape index (κ2) is 8.85. The van der Waals surface area contributed by atoms with Crippen LogP contribution >= 0.6 is 0 Å². The van der Waals surface area contributed by atoms with E-state index >= 15 is 0 Å². The number of hydrogen-bond donors (Lipinski definition) is 1. The van der Waals surface area contributed by atoms with Crippen molar-refractivity contribution >= 4 is 40.3 Å². The Labute approximate surface area is 210 Å². The van der Waals surface area contributed by atoms with E-state index in [1.54, 1.807) is 31.4 Å². The molecule has 2 aliphatic heterocycles. The summed E-state index contributed by atoms with van der Waals surface area (Å²) in [5, 5.41) is 4.05. The Bertz CT molecular complexity index is 1310. The smallest absolute Gasteiger partial charge is 0.270 e. The van der Waals surface area contributed by atoms with E-state index in [0.717, 1.165) is 62.0 Å². The number of nitrogens with zero attached hydrogens (tertiary/aromatic N) is 7. The van der Waals surface area contributed by atoms with E-state index in [-0.39, 0.29) is 23.8 Å². The molecule has 10 heteroatoms. The summed E-state index contributed by atoms with van der Waals surface area (Å²) in [6.07, 6.45) is 7.89. The highest BCUT2D eigenvalue weighted by molar-refractivity contribution is 5.98. The Morgan fingerprint density at radius 2 is 1.89 bits per heavy atom. The van der Waals surface area contributed by atoms with E-state index in [4.69, 9.17) is 4.98 Å². The van der Waals surface area contributed by atoms with Gasteiger partial charge in [-0.3, -0.25) is 9.59 Å². The molecule has 0 bridgehead atoms. The maximum Gasteiger partial charge on any atom is 0.270 e. The highest BCUT2D eigenvalue weighted by Crippen LogP contribution is 2.36. The monoisotopic (exact) mass is 488 g/mol. The third kappa shape index (κ3) is 3.89. The Kier molecular flexibility index (Phi) is 5.63. The lowest BCUT2D eigenvalue weighted by Gasteiger charge is -2.19. The lowest BCUT2D eigenvalue weighted by atomic mass is 10.0. The maximum absolute atomic E-state index is 12.9. The lowest BCUT2D eigenvalue weighted by Crippen LogP contribution is -2.31. The third-order valence-electron chi connectivity index (χ3n) is 7.81. The maximum atomic E-state index is 12.9. The van der Waals surface area contributed by atoms with Crippen LogP contribution in [0.5, 0.6) is 0 Å². The van der Waals surface area contributed by atoms with Crippen LogP contribution in [0.3, 0.4) is 0 Å². The molecule has 0 radical (unpaired) electrons.